The lowest BCUT2D eigenvalue weighted by molar-refractivity contribution is -0.146. The predicted octanol–water partition coefficient (Wildman–Crippen LogP) is 5.77. The van der Waals surface area contributed by atoms with E-state index in [1.807, 2.05) is 56.5 Å². The van der Waals surface area contributed by atoms with Crippen molar-refractivity contribution in [2.24, 2.45) is 11.1 Å². The van der Waals surface area contributed by atoms with Crippen LogP contribution in [0.1, 0.15) is 85.8 Å². The summed E-state index contributed by atoms with van der Waals surface area (Å²) < 4.78 is 8.09. The number of carboxylic acids is 1. The fourth-order valence-corrected chi connectivity index (χ4v) is 4.73. The third kappa shape index (κ3) is 7.23. The second-order valence-corrected chi connectivity index (χ2v) is 11.3. The zero-order valence-corrected chi connectivity index (χ0v) is 25.3. The molecule has 3 heterocycles. The molecule has 1 aliphatic rings. The number of nitrogen functional groups attached to an aromatic ring is 1. The van der Waals surface area contributed by atoms with Gasteiger partial charge in [-0.2, -0.15) is 4.98 Å². The van der Waals surface area contributed by atoms with Gasteiger partial charge in [-0.3, -0.25) is 10.2 Å². The Hall–Kier alpha value is -4.47. The second kappa shape index (κ2) is 12.6. The Morgan fingerprint density at radius 3 is 2.43 bits per heavy atom. The van der Waals surface area contributed by atoms with E-state index in [0.29, 0.717) is 35.5 Å². The number of nitrogens with one attached hydrogen (secondary N) is 2. The largest absolute Gasteiger partial charge is 0.481 e. The molecule has 1 aromatic carbocycles. The second-order valence-electron chi connectivity index (χ2n) is 11.3. The quantitative estimate of drug-likeness (QED) is 0.131. The van der Waals surface area contributed by atoms with Crippen molar-refractivity contribution in [1.29, 1.82) is 5.41 Å². The van der Waals surface area contributed by atoms with Gasteiger partial charge in [0, 0.05) is 37.0 Å². The number of anilines is 1. The maximum atomic E-state index is 11.8. The first-order valence-corrected chi connectivity index (χ1v) is 14.4. The number of aliphatic carboxylic acids is 1. The summed E-state index contributed by atoms with van der Waals surface area (Å²) in [7, 11) is 0. The number of aryl methyl sites for hydroxylation is 2. The number of carbonyl (C=O) groups is 1. The molecule has 0 bridgehead atoms. The minimum atomic E-state index is -1.05. The Morgan fingerprint density at radius 2 is 1.81 bits per heavy atom. The summed E-state index contributed by atoms with van der Waals surface area (Å²) in [6.07, 6.45) is 6.72. The summed E-state index contributed by atoms with van der Waals surface area (Å²) in [5, 5.41) is 20.7. The van der Waals surface area contributed by atoms with Crippen molar-refractivity contribution in [3.05, 3.63) is 82.1 Å². The number of hydrogen-bond acceptors (Lipinski definition) is 7. The van der Waals surface area contributed by atoms with Crippen LogP contribution in [0.4, 0.5) is 5.82 Å². The molecule has 1 saturated carbocycles. The molecule has 0 spiro atoms. The van der Waals surface area contributed by atoms with Crippen LogP contribution in [0.25, 0.3) is 5.65 Å². The number of hydrogen-bond donors (Lipinski definition) is 4. The van der Waals surface area contributed by atoms with Crippen LogP contribution in [0, 0.1) is 24.7 Å². The van der Waals surface area contributed by atoms with E-state index in [1.165, 1.54) is 18.4 Å². The van der Waals surface area contributed by atoms with Crippen molar-refractivity contribution in [1.82, 2.24) is 19.4 Å². The van der Waals surface area contributed by atoms with Gasteiger partial charge in [-0.05, 0) is 86.9 Å². The highest BCUT2D eigenvalue weighted by Crippen LogP contribution is 2.39. The van der Waals surface area contributed by atoms with E-state index in [9.17, 15) is 9.90 Å². The number of rotatable bonds is 11. The van der Waals surface area contributed by atoms with Crippen molar-refractivity contribution >= 4 is 23.3 Å². The smallest absolute Gasteiger partial charge is 0.309 e. The summed E-state index contributed by atoms with van der Waals surface area (Å²) in [6, 6.07) is 9.67. The monoisotopic (exact) mass is 571 g/mol. The molecular weight excluding hydrogens is 530 g/mol. The van der Waals surface area contributed by atoms with E-state index in [2.05, 4.69) is 32.5 Å². The third-order valence-corrected chi connectivity index (χ3v) is 7.32. The zero-order valence-electron chi connectivity index (χ0n) is 25.3. The molecular formula is C32H41N7O3. The first-order chi connectivity index (χ1) is 20.0. The first-order valence-electron chi connectivity index (χ1n) is 14.4. The fraction of sp³-hybridized carbons (Fsp3) is 0.406. The minimum Gasteiger partial charge on any atom is -0.481 e. The van der Waals surface area contributed by atoms with E-state index in [-0.39, 0.29) is 18.9 Å². The Labute approximate surface area is 246 Å². The number of benzene rings is 1. The van der Waals surface area contributed by atoms with Crippen LogP contribution < -0.4 is 15.8 Å². The molecule has 0 radical (unpaired) electrons. The topological polar surface area (TPSA) is 152 Å². The normalized spacial score (nSPS) is 12.9. The van der Waals surface area contributed by atoms with Crippen LogP contribution in [0.3, 0.4) is 0 Å². The number of fused-ring (bicyclic) bond motifs is 1. The number of carboxylic acid groups (broad SMARTS) is 1. The molecule has 222 valence electrons. The van der Waals surface area contributed by atoms with Crippen LogP contribution in [0.5, 0.6) is 5.88 Å². The molecule has 1 aliphatic carbocycles. The molecule has 5 N–H and O–H groups in total. The lowest BCUT2D eigenvalue weighted by Crippen LogP contribution is -2.27. The number of nitrogens with zero attached hydrogens (tertiary/aromatic N) is 4. The molecule has 0 unspecified atom stereocenters. The summed E-state index contributed by atoms with van der Waals surface area (Å²) in [5.41, 5.74) is 11.3. The summed E-state index contributed by atoms with van der Waals surface area (Å²) in [4.78, 5) is 25.6. The molecule has 0 atom stereocenters. The average Bonchev–Trinajstić information content (AvgIpc) is 3.71. The Bertz CT molecular complexity index is 1580. The molecule has 0 amide bonds. The number of imidazole rings is 1. The highest BCUT2D eigenvalue weighted by Gasteiger charge is 2.29. The van der Waals surface area contributed by atoms with Gasteiger partial charge in [0.15, 0.2) is 0 Å². The van der Waals surface area contributed by atoms with Crippen molar-refractivity contribution < 1.29 is 14.6 Å². The number of amidine groups is 1. The first kappa shape index (κ1) is 30.5. The van der Waals surface area contributed by atoms with Crippen molar-refractivity contribution in [2.45, 2.75) is 79.9 Å². The fourth-order valence-electron chi connectivity index (χ4n) is 4.73. The molecule has 1 fully saturated rings. The standard InChI is InChI=1S/C30H35N7O3.C2H6/c1-17-9-21(28(31)32)10-18(2)23(17)13-33-24-11-27(36-25(35-24)12-30(3,4)29(38)39)40-16-22-15-37-14-20(19-5-6-19)7-8-26(37)34-22;1-2/h7-11,14-15,19H,5-6,12-13,16H2,1-4H3,(H3,31,32)(H,38,39)(H,33,35,36);1-2H3. The van der Waals surface area contributed by atoms with Crippen LogP contribution in [0.15, 0.2) is 42.7 Å². The lowest BCUT2D eigenvalue weighted by Gasteiger charge is -2.19. The number of nitrogens with two attached hydrogens (primary N) is 1. The molecule has 4 aromatic rings. The zero-order chi connectivity index (χ0) is 30.6. The van der Waals surface area contributed by atoms with Gasteiger partial charge in [-0.15, -0.1) is 0 Å². The number of aromatic nitrogens is 4. The van der Waals surface area contributed by atoms with Gasteiger partial charge in [0.05, 0.1) is 11.1 Å². The Morgan fingerprint density at radius 1 is 1.12 bits per heavy atom. The van der Waals surface area contributed by atoms with Gasteiger partial charge in [0.2, 0.25) is 5.88 Å². The summed E-state index contributed by atoms with van der Waals surface area (Å²) in [5.74, 6) is 1.000. The SMILES string of the molecule is CC.Cc1cc(C(=N)N)cc(C)c1CNc1cc(OCc2cn3cc(C4CC4)ccc3n2)nc(CC(C)(C)C(=O)O)n1. The molecule has 5 rings (SSSR count). The number of pyridine rings is 1. The van der Waals surface area contributed by atoms with Gasteiger partial charge in [-0.1, -0.05) is 19.9 Å². The van der Waals surface area contributed by atoms with Gasteiger partial charge in [0.1, 0.15) is 29.7 Å². The number of ether oxygens (including phenoxy) is 1. The maximum absolute atomic E-state index is 11.8. The van der Waals surface area contributed by atoms with Gasteiger partial charge >= 0.3 is 5.97 Å². The molecule has 10 heteroatoms. The Kier molecular flexibility index (Phi) is 9.14. The van der Waals surface area contributed by atoms with Crippen molar-refractivity contribution in [3.63, 3.8) is 0 Å². The highest BCUT2D eigenvalue weighted by atomic mass is 16.5. The lowest BCUT2D eigenvalue weighted by atomic mass is 9.89. The molecule has 42 heavy (non-hydrogen) atoms. The van der Waals surface area contributed by atoms with Crippen molar-refractivity contribution in [2.75, 3.05) is 5.32 Å². The van der Waals surface area contributed by atoms with E-state index in [0.717, 1.165) is 28.0 Å². The summed E-state index contributed by atoms with van der Waals surface area (Å²) >= 11 is 0. The highest BCUT2D eigenvalue weighted by molar-refractivity contribution is 5.95. The van der Waals surface area contributed by atoms with E-state index < -0.39 is 11.4 Å². The van der Waals surface area contributed by atoms with E-state index in [1.54, 1.807) is 19.9 Å². The molecule has 0 aliphatic heterocycles. The Balaban J connectivity index is 0.00000198. The summed E-state index contributed by atoms with van der Waals surface area (Å²) in [6.45, 7) is 11.9. The minimum absolute atomic E-state index is 0.0305. The molecule has 3 aromatic heterocycles. The average molecular weight is 572 g/mol. The molecule has 10 nitrogen and oxygen atoms in total. The van der Waals surface area contributed by atoms with Crippen LogP contribution in [-0.2, 0) is 24.4 Å². The van der Waals surface area contributed by atoms with Crippen LogP contribution >= 0.6 is 0 Å². The van der Waals surface area contributed by atoms with Gasteiger partial charge in [0.25, 0.3) is 0 Å². The third-order valence-electron chi connectivity index (χ3n) is 7.32. The van der Waals surface area contributed by atoms with Crippen molar-refractivity contribution in [3.8, 4) is 5.88 Å². The molecule has 0 saturated heterocycles. The van der Waals surface area contributed by atoms with Gasteiger partial charge < -0.3 is 25.3 Å². The predicted molar refractivity (Wildman–Crippen MR) is 164 cm³/mol. The van der Waals surface area contributed by atoms with Crippen LogP contribution in [0.2, 0.25) is 0 Å². The van der Waals surface area contributed by atoms with E-state index in [4.69, 9.17) is 15.9 Å². The van der Waals surface area contributed by atoms with Crippen LogP contribution in [-0.4, -0.2) is 36.3 Å². The van der Waals surface area contributed by atoms with Gasteiger partial charge in [-0.25, -0.2) is 9.97 Å². The maximum Gasteiger partial charge on any atom is 0.309 e. The van der Waals surface area contributed by atoms with E-state index >= 15 is 0 Å².